The van der Waals surface area contributed by atoms with Gasteiger partial charge in [-0.1, -0.05) is 0 Å². The summed E-state index contributed by atoms with van der Waals surface area (Å²) in [5.41, 5.74) is -2.49. The third-order valence-corrected chi connectivity index (χ3v) is 8.07. The summed E-state index contributed by atoms with van der Waals surface area (Å²) >= 11 is 6.23. The van der Waals surface area contributed by atoms with Gasteiger partial charge in [0.2, 0.25) is 5.88 Å². The summed E-state index contributed by atoms with van der Waals surface area (Å²) in [6.07, 6.45) is 3.31. The molecule has 2 heterocycles. The highest BCUT2D eigenvalue weighted by atomic mass is 35.5. The zero-order chi connectivity index (χ0) is 26.3. The van der Waals surface area contributed by atoms with Crippen LogP contribution in [0.4, 0.5) is 19.0 Å². The van der Waals surface area contributed by atoms with Gasteiger partial charge >= 0.3 is 5.57 Å². The van der Waals surface area contributed by atoms with Crippen LogP contribution in [0.5, 0.6) is 5.88 Å². The fraction of sp³-hybridized carbons (Fsp3) is 0.583. The number of ketones is 1. The Morgan fingerprint density at radius 2 is 2.14 bits per heavy atom. The fourth-order valence-corrected chi connectivity index (χ4v) is 5.86. The molecule has 3 aliphatic carbocycles. The Bertz CT molecular complexity index is 1280. The summed E-state index contributed by atoms with van der Waals surface area (Å²) in [6, 6.07) is 3.58. The van der Waals surface area contributed by atoms with Crippen molar-refractivity contribution in [2.45, 2.75) is 62.7 Å². The van der Waals surface area contributed by atoms with Crippen molar-refractivity contribution in [1.29, 1.82) is 0 Å². The van der Waals surface area contributed by atoms with E-state index in [0.717, 1.165) is 23.3 Å². The predicted octanol–water partition coefficient (Wildman–Crippen LogP) is 4.62. The molecule has 0 unspecified atom stereocenters. The molecule has 5 rings (SSSR count). The Balaban J connectivity index is 1.33. The van der Waals surface area contributed by atoms with Crippen molar-refractivity contribution in [1.82, 2.24) is 15.1 Å². The van der Waals surface area contributed by atoms with Crippen molar-refractivity contribution in [3.8, 4) is 5.88 Å². The predicted molar refractivity (Wildman–Crippen MR) is 131 cm³/mol. The maximum absolute atomic E-state index is 13.4. The molecular formula is C24H25ClF3N5O3S. The molecule has 2 aromatic heterocycles. The lowest BCUT2D eigenvalue weighted by Gasteiger charge is -2.19. The van der Waals surface area contributed by atoms with E-state index in [9.17, 15) is 22.8 Å². The van der Waals surface area contributed by atoms with Gasteiger partial charge in [0.05, 0.1) is 23.5 Å². The number of alkyl halides is 4. The maximum atomic E-state index is 13.4. The second-order valence-electron chi connectivity index (χ2n) is 9.71. The molecule has 37 heavy (non-hydrogen) atoms. The number of hydrogen-bond acceptors (Lipinski definition) is 7. The first-order valence-corrected chi connectivity index (χ1v) is 13.3. The van der Waals surface area contributed by atoms with E-state index in [-0.39, 0.29) is 36.4 Å². The number of hydrogen-bond donors (Lipinski definition) is 1. The Hall–Kier alpha value is -2.69. The van der Waals surface area contributed by atoms with Crippen LogP contribution in [-0.4, -0.2) is 51.8 Å². The smallest absolute Gasteiger partial charge is 0.400 e. The van der Waals surface area contributed by atoms with E-state index in [0.29, 0.717) is 42.2 Å². The Morgan fingerprint density at radius 3 is 2.81 bits per heavy atom. The minimum Gasteiger partial charge on any atom is -0.400 e. The van der Waals surface area contributed by atoms with Gasteiger partial charge in [-0.2, -0.15) is 4.99 Å². The topological polar surface area (TPSA) is 97.9 Å². The van der Waals surface area contributed by atoms with Crippen molar-refractivity contribution in [2.24, 2.45) is 28.9 Å². The van der Waals surface area contributed by atoms with Gasteiger partial charge in [0.1, 0.15) is 12.0 Å². The minimum absolute atomic E-state index is 0.0660. The zero-order valence-electron chi connectivity index (χ0n) is 20.0. The molecule has 0 spiro atoms. The first-order valence-electron chi connectivity index (χ1n) is 12.1. The number of halogens is 4. The molecule has 0 radical (unpaired) electrons. The molecule has 13 heteroatoms. The molecule has 2 aromatic rings. The number of Topliss-reactive ketones (excluding diaryl/α,β-unsaturated/α-hetero) is 1. The average molecular weight is 556 g/mol. The van der Waals surface area contributed by atoms with Gasteiger partial charge in [-0.05, 0) is 50.0 Å². The molecular weight excluding hydrogens is 531 g/mol. The number of amides is 1. The van der Waals surface area contributed by atoms with Gasteiger partial charge in [0.15, 0.2) is 5.82 Å². The van der Waals surface area contributed by atoms with Crippen LogP contribution in [0.15, 0.2) is 16.1 Å². The van der Waals surface area contributed by atoms with E-state index in [1.807, 2.05) is 0 Å². The molecule has 0 aliphatic heterocycles. The molecule has 0 bridgehead atoms. The first kappa shape index (κ1) is 25.9. The number of thiophene rings is 1. The molecule has 3 atom stereocenters. The van der Waals surface area contributed by atoms with Crippen LogP contribution in [-0.2, 0) is 31.1 Å². The molecule has 2 saturated carbocycles. The number of fused-ring (bicyclic) bond motifs is 1. The third kappa shape index (κ3) is 6.42. The lowest BCUT2D eigenvalue weighted by molar-refractivity contribution is -0.119. The van der Waals surface area contributed by atoms with E-state index in [2.05, 4.69) is 31.1 Å². The highest BCUT2D eigenvalue weighted by Gasteiger charge is 2.43. The van der Waals surface area contributed by atoms with Crippen molar-refractivity contribution in [3.05, 3.63) is 26.9 Å². The standard InChI is InChI=1S/C24H25ClF3N5O3S/c1-33-20(9-21(32-33)36-24(25,27)28)31-11-30-13-4-5-18-15(6-13)22(23(35)29-10-12-2-3-12)19(37-18)8-17(34)14-7-16(14)26/h9,12-14,16H,2-8,10H2,1H3,(H,29,35)/t13-,14-,16+/m0/s1. The Kier molecular flexibility index (Phi) is 7.17. The lowest BCUT2D eigenvalue weighted by Crippen LogP contribution is -2.28. The normalized spacial score (nSPS) is 22.6. The highest BCUT2D eigenvalue weighted by Crippen LogP contribution is 2.40. The highest BCUT2D eigenvalue weighted by molar-refractivity contribution is 7.12. The molecule has 1 N–H and O–H groups in total. The summed E-state index contributed by atoms with van der Waals surface area (Å²) in [6.45, 7) is 0.603. The summed E-state index contributed by atoms with van der Waals surface area (Å²) in [5.74, 6) is -0.600. The molecule has 0 aromatic carbocycles. The minimum atomic E-state index is -3.89. The molecule has 0 saturated heterocycles. The summed E-state index contributed by atoms with van der Waals surface area (Å²) in [5, 5.41) is 6.77. The molecule has 198 valence electrons. The molecule has 1 amide bonds. The van der Waals surface area contributed by atoms with Gasteiger partial charge in [0.25, 0.3) is 5.91 Å². The number of carbonyl (C=O) groups is 2. The van der Waals surface area contributed by atoms with E-state index >= 15 is 0 Å². The number of nitrogens with one attached hydrogen (secondary N) is 1. The van der Waals surface area contributed by atoms with Crippen LogP contribution in [0, 0.1) is 11.8 Å². The van der Waals surface area contributed by atoms with Crippen LogP contribution in [0.3, 0.4) is 0 Å². The number of nitrogens with zero attached hydrogens (tertiary/aromatic N) is 4. The summed E-state index contributed by atoms with van der Waals surface area (Å²) in [4.78, 5) is 35.9. The van der Waals surface area contributed by atoms with E-state index in [1.54, 1.807) is 0 Å². The van der Waals surface area contributed by atoms with Crippen molar-refractivity contribution in [2.75, 3.05) is 6.54 Å². The number of aromatic nitrogens is 2. The number of aliphatic imine (C=N–C) groups is 2. The number of ether oxygens (including phenoxy) is 1. The zero-order valence-corrected chi connectivity index (χ0v) is 21.5. The second kappa shape index (κ2) is 10.2. The van der Waals surface area contributed by atoms with Crippen LogP contribution >= 0.6 is 22.9 Å². The quantitative estimate of drug-likeness (QED) is 0.342. The van der Waals surface area contributed by atoms with Gasteiger partial charge < -0.3 is 10.1 Å². The molecule has 3 aliphatic rings. The first-order chi connectivity index (χ1) is 17.6. The Labute approximate surface area is 219 Å². The second-order valence-corrected chi connectivity index (χ2v) is 11.3. The van der Waals surface area contributed by atoms with Gasteiger partial charge in [0, 0.05) is 47.4 Å². The lowest BCUT2D eigenvalue weighted by atomic mass is 9.90. The fourth-order valence-electron chi connectivity index (χ4n) is 4.42. The molecule has 8 nitrogen and oxygen atoms in total. The van der Waals surface area contributed by atoms with Crippen LogP contribution in [0.25, 0.3) is 0 Å². The number of carbonyl (C=O) groups excluding carboxylic acids is 2. The number of rotatable bonds is 10. The van der Waals surface area contributed by atoms with Crippen molar-refractivity contribution in [3.63, 3.8) is 0 Å². The van der Waals surface area contributed by atoms with Crippen molar-refractivity contribution < 1.29 is 27.5 Å². The number of aryl methyl sites for hydroxylation is 2. The molecule has 2 fully saturated rings. The largest absolute Gasteiger partial charge is 0.488 e. The SMILES string of the molecule is Cn1nc(OC(F)(F)Cl)cc1N=C=N[C@H]1CCc2sc(CC(=O)[C@H]3C[C@H]3F)c(C(=O)NCC3CC3)c2C1. The van der Waals surface area contributed by atoms with Crippen molar-refractivity contribution >= 4 is 46.5 Å². The average Bonchev–Trinajstić information content (AvgIpc) is 3.72. The van der Waals surface area contributed by atoms with Gasteiger partial charge in [-0.15, -0.1) is 25.2 Å². The van der Waals surface area contributed by atoms with E-state index in [4.69, 9.17) is 11.6 Å². The monoisotopic (exact) mass is 555 g/mol. The van der Waals surface area contributed by atoms with Gasteiger partial charge in [-0.3, -0.25) is 9.59 Å². The van der Waals surface area contributed by atoms with Crippen LogP contribution in [0.2, 0.25) is 0 Å². The van der Waals surface area contributed by atoms with Gasteiger partial charge in [-0.25, -0.2) is 14.1 Å². The summed E-state index contributed by atoms with van der Waals surface area (Å²) < 4.78 is 44.6. The summed E-state index contributed by atoms with van der Waals surface area (Å²) in [7, 11) is 1.50. The Morgan fingerprint density at radius 1 is 1.38 bits per heavy atom. The van der Waals surface area contributed by atoms with Crippen LogP contribution in [0.1, 0.15) is 51.4 Å². The third-order valence-electron chi connectivity index (χ3n) is 6.70. The van der Waals surface area contributed by atoms with Crippen LogP contribution < -0.4 is 10.1 Å². The maximum Gasteiger partial charge on any atom is 0.488 e. The van der Waals surface area contributed by atoms with E-state index < -0.39 is 23.5 Å². The van der Waals surface area contributed by atoms with E-state index in [1.165, 1.54) is 29.1 Å².